The second kappa shape index (κ2) is 6.02. The molecule has 15 heavy (non-hydrogen) atoms. The molecular formula is C12H28O2Si. The summed E-state index contributed by atoms with van der Waals surface area (Å²) in [5.74, 6) is 0.883. The molecule has 1 aliphatic carbocycles. The lowest BCUT2D eigenvalue weighted by Gasteiger charge is -2.38. The first kappa shape index (κ1) is 15.1. The number of hydrogen-bond donors (Lipinski definition) is 1. The Balaban J connectivity index is 0.000000921. The molecule has 0 amide bonds. The zero-order chi connectivity index (χ0) is 12.1. The Morgan fingerprint density at radius 3 is 1.93 bits per heavy atom. The van der Waals surface area contributed by atoms with E-state index in [-0.39, 0.29) is 0 Å². The van der Waals surface area contributed by atoms with Gasteiger partial charge in [-0.15, -0.1) is 0 Å². The van der Waals surface area contributed by atoms with Crippen LogP contribution in [0.25, 0.3) is 0 Å². The molecule has 0 heterocycles. The van der Waals surface area contributed by atoms with Crippen molar-refractivity contribution >= 4 is 8.32 Å². The van der Waals surface area contributed by atoms with Crippen LogP contribution < -0.4 is 0 Å². The summed E-state index contributed by atoms with van der Waals surface area (Å²) in [6, 6.07) is 0. The smallest absolute Gasteiger partial charge is 0.191 e. The van der Waals surface area contributed by atoms with E-state index in [1.807, 2.05) is 0 Å². The van der Waals surface area contributed by atoms with Gasteiger partial charge < -0.3 is 9.53 Å². The normalized spacial score (nSPS) is 17.8. The first-order valence-corrected chi connectivity index (χ1v) is 8.82. The fourth-order valence-corrected chi connectivity index (χ4v) is 2.29. The first-order valence-electron chi connectivity index (χ1n) is 5.91. The predicted octanol–water partition coefficient (Wildman–Crippen LogP) is 3.42. The van der Waals surface area contributed by atoms with Crippen LogP contribution in [0.5, 0.6) is 0 Å². The molecule has 3 heteroatoms. The fraction of sp³-hybridized carbons (Fsp3) is 1.00. The molecule has 0 aromatic carbocycles. The minimum Gasteiger partial charge on any atom is -0.417 e. The maximum Gasteiger partial charge on any atom is 0.191 e. The standard InChI is InChI=1S/C11H24OSi.CH4O/c1-11(2,3)13(4,5)12-9-10-7-6-8-10;1-2/h10H,6-9H2,1-5H3;2H,1H3. The van der Waals surface area contributed by atoms with Gasteiger partial charge in [0.15, 0.2) is 8.32 Å². The van der Waals surface area contributed by atoms with Crippen molar-refractivity contribution in [1.29, 1.82) is 0 Å². The molecule has 1 fully saturated rings. The molecule has 0 aromatic heterocycles. The van der Waals surface area contributed by atoms with Crippen LogP contribution in [-0.2, 0) is 4.43 Å². The minimum atomic E-state index is -1.45. The molecule has 2 nitrogen and oxygen atoms in total. The van der Waals surface area contributed by atoms with Gasteiger partial charge in [0.05, 0.1) is 0 Å². The molecule has 0 aromatic rings. The van der Waals surface area contributed by atoms with Gasteiger partial charge in [0.1, 0.15) is 0 Å². The molecule has 0 spiro atoms. The van der Waals surface area contributed by atoms with Gasteiger partial charge in [-0.3, -0.25) is 0 Å². The van der Waals surface area contributed by atoms with Crippen LogP contribution >= 0.6 is 0 Å². The molecule has 0 unspecified atom stereocenters. The third-order valence-electron chi connectivity index (χ3n) is 3.71. The van der Waals surface area contributed by atoms with Crippen molar-refractivity contribution in [3.8, 4) is 0 Å². The number of aliphatic hydroxyl groups is 1. The van der Waals surface area contributed by atoms with Gasteiger partial charge >= 0.3 is 0 Å². The summed E-state index contributed by atoms with van der Waals surface area (Å²) in [7, 11) is -0.450. The Hall–Kier alpha value is 0.137. The first-order chi connectivity index (χ1) is 6.83. The fourth-order valence-electron chi connectivity index (χ4n) is 1.20. The van der Waals surface area contributed by atoms with Gasteiger partial charge in [0.2, 0.25) is 0 Å². The highest BCUT2D eigenvalue weighted by Crippen LogP contribution is 2.38. The van der Waals surface area contributed by atoms with Crippen molar-refractivity contribution in [2.24, 2.45) is 5.92 Å². The van der Waals surface area contributed by atoms with E-state index in [1.165, 1.54) is 19.3 Å². The van der Waals surface area contributed by atoms with Gasteiger partial charge in [-0.05, 0) is 36.9 Å². The summed E-state index contributed by atoms with van der Waals surface area (Å²) in [5, 5.41) is 7.37. The summed E-state index contributed by atoms with van der Waals surface area (Å²) in [6.07, 6.45) is 4.22. The molecule has 0 saturated heterocycles. The van der Waals surface area contributed by atoms with Gasteiger partial charge in [0, 0.05) is 13.7 Å². The SMILES string of the molecule is CC(C)(C)[Si](C)(C)OCC1CCC1.CO. The quantitative estimate of drug-likeness (QED) is 0.756. The summed E-state index contributed by atoms with van der Waals surface area (Å²) in [4.78, 5) is 0. The third-order valence-corrected chi connectivity index (χ3v) is 8.21. The van der Waals surface area contributed by atoms with Crippen LogP contribution in [0.3, 0.4) is 0 Å². The Bertz CT molecular complexity index is 169. The van der Waals surface area contributed by atoms with E-state index in [0.29, 0.717) is 5.04 Å². The molecule has 92 valence electrons. The molecule has 1 rings (SSSR count). The highest BCUT2D eigenvalue weighted by Gasteiger charge is 2.37. The lowest BCUT2D eigenvalue weighted by atomic mass is 9.86. The van der Waals surface area contributed by atoms with E-state index in [0.717, 1.165) is 19.6 Å². The van der Waals surface area contributed by atoms with E-state index in [9.17, 15) is 0 Å². The summed E-state index contributed by atoms with van der Waals surface area (Å²) < 4.78 is 6.14. The summed E-state index contributed by atoms with van der Waals surface area (Å²) in [6.45, 7) is 12.6. The van der Waals surface area contributed by atoms with Crippen LogP contribution in [0.2, 0.25) is 18.1 Å². The van der Waals surface area contributed by atoms with Gasteiger partial charge in [0.25, 0.3) is 0 Å². The number of hydrogen-bond acceptors (Lipinski definition) is 2. The van der Waals surface area contributed by atoms with Crippen molar-refractivity contribution in [1.82, 2.24) is 0 Å². The summed E-state index contributed by atoms with van der Waals surface area (Å²) >= 11 is 0. The van der Waals surface area contributed by atoms with E-state index < -0.39 is 8.32 Å². The zero-order valence-electron chi connectivity index (χ0n) is 11.3. The molecule has 1 aliphatic rings. The second-order valence-electron chi connectivity index (χ2n) is 5.87. The van der Waals surface area contributed by atoms with Gasteiger partial charge in [-0.1, -0.05) is 27.2 Å². The van der Waals surface area contributed by atoms with Crippen LogP contribution in [0, 0.1) is 5.92 Å². The highest BCUT2D eigenvalue weighted by molar-refractivity contribution is 6.74. The topological polar surface area (TPSA) is 29.5 Å². The largest absolute Gasteiger partial charge is 0.417 e. The monoisotopic (exact) mass is 232 g/mol. The van der Waals surface area contributed by atoms with Crippen molar-refractivity contribution in [2.75, 3.05) is 13.7 Å². The molecule has 1 saturated carbocycles. The molecule has 0 bridgehead atoms. The Morgan fingerprint density at radius 2 is 1.67 bits per heavy atom. The van der Waals surface area contributed by atoms with Crippen molar-refractivity contribution in [3.63, 3.8) is 0 Å². The molecular weight excluding hydrogens is 204 g/mol. The minimum absolute atomic E-state index is 0.372. The molecule has 0 aliphatic heterocycles. The average Bonchev–Trinajstić information content (AvgIpc) is 2.02. The van der Waals surface area contributed by atoms with Crippen LogP contribution in [0.15, 0.2) is 0 Å². The van der Waals surface area contributed by atoms with E-state index in [1.54, 1.807) is 0 Å². The van der Waals surface area contributed by atoms with Crippen molar-refractivity contribution in [2.45, 2.75) is 58.2 Å². The van der Waals surface area contributed by atoms with Crippen LogP contribution in [-0.4, -0.2) is 27.1 Å². The van der Waals surface area contributed by atoms with Crippen LogP contribution in [0.4, 0.5) is 0 Å². The maximum atomic E-state index is 7.00. The van der Waals surface area contributed by atoms with Crippen LogP contribution in [0.1, 0.15) is 40.0 Å². The summed E-state index contributed by atoms with van der Waals surface area (Å²) in [5.41, 5.74) is 0. The Labute approximate surface area is 96.2 Å². The lowest BCUT2D eigenvalue weighted by Crippen LogP contribution is -2.42. The zero-order valence-corrected chi connectivity index (χ0v) is 12.3. The Morgan fingerprint density at radius 1 is 1.20 bits per heavy atom. The maximum absolute atomic E-state index is 7.00. The van der Waals surface area contributed by atoms with Gasteiger partial charge in [-0.25, -0.2) is 0 Å². The van der Waals surface area contributed by atoms with E-state index in [2.05, 4.69) is 33.9 Å². The van der Waals surface area contributed by atoms with Crippen molar-refractivity contribution < 1.29 is 9.53 Å². The van der Waals surface area contributed by atoms with E-state index in [4.69, 9.17) is 9.53 Å². The lowest BCUT2D eigenvalue weighted by molar-refractivity contribution is 0.167. The predicted molar refractivity (Wildman–Crippen MR) is 68.6 cm³/mol. The van der Waals surface area contributed by atoms with Gasteiger partial charge in [-0.2, -0.15) is 0 Å². The Kier molecular flexibility index (Phi) is 6.07. The van der Waals surface area contributed by atoms with Crippen molar-refractivity contribution in [3.05, 3.63) is 0 Å². The third kappa shape index (κ3) is 4.66. The average molecular weight is 232 g/mol. The molecule has 1 N–H and O–H groups in total. The second-order valence-corrected chi connectivity index (χ2v) is 10.7. The molecule has 0 radical (unpaired) electrons. The van der Waals surface area contributed by atoms with E-state index >= 15 is 0 Å². The molecule has 0 atom stereocenters. The number of aliphatic hydroxyl groups excluding tert-OH is 1. The highest BCUT2D eigenvalue weighted by atomic mass is 28.4. The number of rotatable bonds is 3.